The molecule has 20 heavy (non-hydrogen) atoms. The van der Waals surface area contributed by atoms with Crippen LogP contribution in [0.1, 0.15) is 5.56 Å². The first-order valence-electron chi connectivity index (χ1n) is 6.28. The van der Waals surface area contributed by atoms with E-state index in [0.29, 0.717) is 11.3 Å². The van der Waals surface area contributed by atoms with Crippen molar-refractivity contribution < 1.29 is 4.42 Å². The van der Waals surface area contributed by atoms with E-state index in [0.717, 1.165) is 22.5 Å². The van der Waals surface area contributed by atoms with Gasteiger partial charge >= 0.3 is 5.76 Å². The summed E-state index contributed by atoms with van der Waals surface area (Å²) < 4.78 is 6.58. The Morgan fingerprint density at radius 3 is 2.80 bits per heavy atom. The van der Waals surface area contributed by atoms with Gasteiger partial charge < -0.3 is 15.5 Å². The molecule has 5 heteroatoms. The molecule has 0 bridgehead atoms. The van der Waals surface area contributed by atoms with Crippen molar-refractivity contribution >= 4 is 28.2 Å². The van der Waals surface area contributed by atoms with Gasteiger partial charge in [-0.15, -0.1) is 0 Å². The highest BCUT2D eigenvalue weighted by atomic mass is 16.4. The van der Waals surface area contributed by atoms with Gasteiger partial charge in [0.2, 0.25) is 0 Å². The number of nitrogens with two attached hydrogens (primary N) is 1. The van der Waals surface area contributed by atoms with Crippen molar-refractivity contribution in [3.63, 3.8) is 0 Å². The van der Waals surface area contributed by atoms with Gasteiger partial charge in [-0.2, -0.15) is 0 Å². The summed E-state index contributed by atoms with van der Waals surface area (Å²) in [7, 11) is 1.68. The molecule has 0 aliphatic carbocycles. The van der Waals surface area contributed by atoms with Crippen molar-refractivity contribution in [3.05, 3.63) is 52.5 Å². The van der Waals surface area contributed by atoms with Gasteiger partial charge in [0.15, 0.2) is 5.58 Å². The second-order valence-corrected chi connectivity index (χ2v) is 4.77. The number of rotatable bonds is 2. The van der Waals surface area contributed by atoms with E-state index < -0.39 is 0 Å². The van der Waals surface area contributed by atoms with E-state index in [-0.39, 0.29) is 5.76 Å². The molecule has 0 saturated heterocycles. The number of anilines is 3. The highest BCUT2D eigenvalue weighted by molar-refractivity contribution is 5.82. The zero-order chi connectivity index (χ0) is 14.3. The number of benzene rings is 2. The van der Waals surface area contributed by atoms with Crippen molar-refractivity contribution in [3.8, 4) is 0 Å². The third kappa shape index (κ3) is 1.93. The van der Waals surface area contributed by atoms with Gasteiger partial charge in [0.05, 0.1) is 16.9 Å². The molecule has 0 saturated carbocycles. The van der Waals surface area contributed by atoms with Gasteiger partial charge in [-0.05, 0) is 36.8 Å². The Morgan fingerprint density at radius 2 is 2.05 bits per heavy atom. The SMILES string of the molecule is Cc1cccc(N)c1Nc1ccc2oc(=O)n(C)c2c1. The third-order valence-electron chi connectivity index (χ3n) is 3.37. The summed E-state index contributed by atoms with van der Waals surface area (Å²) >= 11 is 0. The molecule has 1 aromatic heterocycles. The second kappa shape index (κ2) is 4.45. The van der Waals surface area contributed by atoms with Gasteiger partial charge in [0, 0.05) is 12.7 Å². The number of nitrogen functional groups attached to an aromatic ring is 1. The van der Waals surface area contributed by atoms with E-state index >= 15 is 0 Å². The maximum atomic E-state index is 11.5. The summed E-state index contributed by atoms with van der Waals surface area (Å²) in [6.07, 6.45) is 0. The molecule has 0 fully saturated rings. The number of hydrogen-bond donors (Lipinski definition) is 2. The lowest BCUT2D eigenvalue weighted by Gasteiger charge is -2.12. The number of nitrogens with one attached hydrogen (secondary N) is 1. The van der Waals surface area contributed by atoms with Crippen LogP contribution in [0.2, 0.25) is 0 Å². The molecule has 0 unspecified atom stereocenters. The molecule has 1 heterocycles. The van der Waals surface area contributed by atoms with Crippen LogP contribution < -0.4 is 16.8 Å². The van der Waals surface area contributed by atoms with Crippen LogP contribution in [0.4, 0.5) is 17.1 Å². The predicted octanol–water partition coefficient (Wildman–Crippen LogP) is 2.77. The molecule has 102 valence electrons. The zero-order valence-corrected chi connectivity index (χ0v) is 11.3. The lowest BCUT2D eigenvalue weighted by atomic mass is 10.1. The van der Waals surface area contributed by atoms with Crippen molar-refractivity contribution in [2.45, 2.75) is 6.92 Å². The molecule has 0 atom stereocenters. The number of para-hydroxylation sites is 1. The maximum absolute atomic E-state index is 11.5. The average Bonchev–Trinajstić information content (AvgIpc) is 2.70. The fraction of sp³-hybridized carbons (Fsp3) is 0.133. The van der Waals surface area contributed by atoms with Crippen LogP contribution in [0.25, 0.3) is 11.1 Å². The number of nitrogens with zero attached hydrogens (tertiary/aromatic N) is 1. The largest absolute Gasteiger partial charge is 0.419 e. The van der Waals surface area contributed by atoms with E-state index in [4.69, 9.17) is 10.2 Å². The van der Waals surface area contributed by atoms with E-state index in [9.17, 15) is 4.79 Å². The second-order valence-electron chi connectivity index (χ2n) is 4.77. The highest BCUT2D eigenvalue weighted by Gasteiger charge is 2.08. The number of hydrogen-bond acceptors (Lipinski definition) is 4. The molecular formula is C15H15N3O2. The third-order valence-corrected chi connectivity index (χ3v) is 3.37. The standard InChI is InChI=1S/C15H15N3O2/c1-9-4-3-5-11(16)14(9)17-10-6-7-13-12(8-10)18(2)15(19)20-13/h3-8,17H,16H2,1-2H3. The van der Waals surface area contributed by atoms with Crippen molar-refractivity contribution in [2.24, 2.45) is 7.05 Å². The van der Waals surface area contributed by atoms with Crippen molar-refractivity contribution in [1.82, 2.24) is 4.57 Å². The van der Waals surface area contributed by atoms with Crippen LogP contribution in [-0.2, 0) is 7.05 Å². The molecule has 0 aliphatic heterocycles. The fourth-order valence-electron chi connectivity index (χ4n) is 2.21. The first-order chi connectivity index (χ1) is 9.56. The van der Waals surface area contributed by atoms with Crippen molar-refractivity contribution in [2.75, 3.05) is 11.1 Å². The minimum absolute atomic E-state index is 0.368. The van der Waals surface area contributed by atoms with Gasteiger partial charge in [0.1, 0.15) is 0 Å². The molecular weight excluding hydrogens is 254 g/mol. The maximum Gasteiger partial charge on any atom is 0.419 e. The lowest BCUT2D eigenvalue weighted by molar-refractivity contribution is 0.528. The molecule has 3 N–H and O–H groups in total. The Bertz CT molecular complexity index is 826. The topological polar surface area (TPSA) is 73.2 Å². The van der Waals surface area contributed by atoms with Crippen LogP contribution in [-0.4, -0.2) is 4.57 Å². The quantitative estimate of drug-likeness (QED) is 0.702. The van der Waals surface area contributed by atoms with Crippen LogP contribution in [0.3, 0.4) is 0 Å². The Hall–Kier alpha value is -2.69. The summed E-state index contributed by atoms with van der Waals surface area (Å²) in [5.74, 6) is -0.368. The summed E-state index contributed by atoms with van der Waals surface area (Å²) in [5.41, 5.74) is 10.8. The van der Waals surface area contributed by atoms with Gasteiger partial charge in [-0.3, -0.25) is 4.57 Å². The summed E-state index contributed by atoms with van der Waals surface area (Å²) in [6.45, 7) is 1.99. The number of aromatic nitrogens is 1. The Morgan fingerprint density at radius 1 is 1.25 bits per heavy atom. The molecule has 5 nitrogen and oxygen atoms in total. The van der Waals surface area contributed by atoms with Gasteiger partial charge in [0.25, 0.3) is 0 Å². The normalized spacial score (nSPS) is 10.9. The summed E-state index contributed by atoms with van der Waals surface area (Å²) in [6, 6.07) is 11.3. The first-order valence-corrected chi connectivity index (χ1v) is 6.28. The molecule has 0 radical (unpaired) electrons. The van der Waals surface area contributed by atoms with E-state index in [1.54, 1.807) is 13.1 Å². The van der Waals surface area contributed by atoms with Crippen LogP contribution in [0, 0.1) is 6.92 Å². The zero-order valence-electron chi connectivity index (χ0n) is 11.3. The number of aryl methyl sites for hydroxylation is 2. The smallest absolute Gasteiger partial charge is 0.408 e. The predicted molar refractivity (Wildman–Crippen MR) is 80.3 cm³/mol. The van der Waals surface area contributed by atoms with E-state index in [1.165, 1.54) is 4.57 Å². The minimum atomic E-state index is -0.368. The minimum Gasteiger partial charge on any atom is -0.408 e. The molecule has 0 spiro atoms. The van der Waals surface area contributed by atoms with E-state index in [2.05, 4.69) is 5.32 Å². The fourth-order valence-corrected chi connectivity index (χ4v) is 2.21. The van der Waals surface area contributed by atoms with Crippen LogP contribution in [0.5, 0.6) is 0 Å². The van der Waals surface area contributed by atoms with Crippen LogP contribution >= 0.6 is 0 Å². The Balaban J connectivity index is 2.07. The summed E-state index contributed by atoms with van der Waals surface area (Å²) in [5, 5.41) is 3.29. The van der Waals surface area contributed by atoms with E-state index in [1.807, 2.05) is 37.3 Å². The highest BCUT2D eigenvalue weighted by Crippen LogP contribution is 2.28. The molecule has 2 aromatic carbocycles. The first kappa shape index (κ1) is 12.3. The molecule has 0 amide bonds. The monoisotopic (exact) mass is 269 g/mol. The average molecular weight is 269 g/mol. The van der Waals surface area contributed by atoms with Gasteiger partial charge in [-0.1, -0.05) is 12.1 Å². The molecule has 3 aromatic rings. The number of fused-ring (bicyclic) bond motifs is 1. The Labute approximate surface area is 115 Å². The lowest BCUT2D eigenvalue weighted by Crippen LogP contribution is -2.08. The molecule has 0 aliphatic rings. The van der Waals surface area contributed by atoms with Gasteiger partial charge in [-0.25, -0.2) is 4.79 Å². The molecule has 3 rings (SSSR count). The Kier molecular flexibility index (Phi) is 2.75. The number of oxazole rings is 1. The van der Waals surface area contributed by atoms with Crippen LogP contribution in [0.15, 0.2) is 45.6 Å². The summed E-state index contributed by atoms with van der Waals surface area (Å²) in [4.78, 5) is 11.5. The van der Waals surface area contributed by atoms with Crippen molar-refractivity contribution in [1.29, 1.82) is 0 Å².